The van der Waals surface area contributed by atoms with Gasteiger partial charge in [0.15, 0.2) is 18.7 Å². The number of carbonyl (C=O) groups excluding carboxylic acids is 4. The maximum Gasteiger partial charge on any atom is 0.508 e. The molecule has 3 fully saturated rings. The fourth-order valence-corrected chi connectivity index (χ4v) is 5.56. The van der Waals surface area contributed by atoms with Crippen LogP contribution in [0.3, 0.4) is 0 Å². The Kier molecular flexibility index (Phi) is 16.3. The lowest BCUT2D eigenvalue weighted by Gasteiger charge is -2.20. The molecule has 2 aromatic heterocycles. The SMILES string of the molecule is C.CN(C)CCOC(=O)OC[C@H]1O[C@@H](n2cnc(C(N)=O)n2)[C@@H]2OC(c3ccccc3)OC21.CN(C)CCOC(=O)OC[C@H]1O[C@@H](n2cnc(C(N)=O)n2)[C@H](O)C1O. The molecule has 5 heterocycles. The number of amides is 2. The highest BCUT2D eigenvalue weighted by molar-refractivity contribution is 5.88. The topological polar surface area (TPSA) is 303 Å². The second kappa shape index (κ2) is 20.9. The highest BCUT2D eigenvalue weighted by atomic mass is 16.8. The molecule has 1 aromatic carbocycles. The fourth-order valence-electron chi connectivity index (χ4n) is 5.56. The van der Waals surface area contributed by atoms with E-state index in [0.29, 0.717) is 13.1 Å². The standard InChI is InChI=1S/C20H25N5O7.C13H21N5O7.CH4/c1-24(2)8-9-28-20(27)29-10-13-14-15(32-19(31-14)12-6-4-3-5-7-12)18(30-13)25-11-22-17(23-25)16(21)26;1-17(2)3-4-23-13(22)24-5-7-8(19)9(20)12(25-7)18-6-15-11(16-18)10(14)21;/h3-7,11,13-15,18-19H,8-10H2,1-2H3,(H2,21,26);6-9,12,19-20H,3-5H2,1-2H3,(H2,14,21);1H4/t13-,14?,15-,18-,19?;7-,8?,9-,12-;/m11./s1. The van der Waals surface area contributed by atoms with Gasteiger partial charge in [0.2, 0.25) is 11.6 Å². The lowest BCUT2D eigenvalue weighted by molar-refractivity contribution is -0.157. The number of aromatic nitrogens is 6. The monoisotopic (exact) mass is 822 g/mol. The van der Waals surface area contributed by atoms with Gasteiger partial charge in [-0.15, -0.1) is 10.2 Å². The zero-order valence-electron chi connectivity index (χ0n) is 31.5. The number of fused-ring (bicyclic) bond motifs is 1. The minimum absolute atomic E-state index is 0. The molecule has 0 bridgehead atoms. The van der Waals surface area contributed by atoms with Gasteiger partial charge in [-0.25, -0.2) is 28.9 Å². The smallest absolute Gasteiger partial charge is 0.433 e. The molecule has 0 spiro atoms. The average molecular weight is 823 g/mol. The molecule has 2 amide bonds. The van der Waals surface area contributed by atoms with Gasteiger partial charge in [-0.05, 0) is 28.2 Å². The van der Waals surface area contributed by atoms with Crippen molar-refractivity contribution >= 4 is 24.1 Å². The van der Waals surface area contributed by atoms with Crippen LogP contribution in [0.4, 0.5) is 9.59 Å². The van der Waals surface area contributed by atoms with E-state index in [1.165, 1.54) is 11.0 Å². The normalized spacial score (nSPS) is 26.0. The molecule has 6 rings (SSSR count). The summed E-state index contributed by atoms with van der Waals surface area (Å²) in [6.07, 6.45) is -7.21. The van der Waals surface area contributed by atoms with Crippen LogP contribution in [0.15, 0.2) is 43.0 Å². The Morgan fingerprint density at radius 3 is 1.67 bits per heavy atom. The van der Waals surface area contributed by atoms with E-state index < -0.39 is 79.5 Å². The van der Waals surface area contributed by atoms with E-state index in [2.05, 4.69) is 20.2 Å². The predicted molar refractivity (Wildman–Crippen MR) is 194 cm³/mol. The Labute approximate surface area is 332 Å². The highest BCUT2D eigenvalue weighted by Crippen LogP contribution is 2.44. The van der Waals surface area contributed by atoms with Crippen LogP contribution in [0.5, 0.6) is 0 Å². The van der Waals surface area contributed by atoms with Gasteiger partial charge in [-0.3, -0.25) is 9.59 Å². The molecule has 3 aliphatic rings. The number of aliphatic hydroxyl groups is 2. The molecule has 320 valence electrons. The van der Waals surface area contributed by atoms with Crippen molar-refractivity contribution in [1.29, 1.82) is 0 Å². The number of ether oxygens (including phenoxy) is 8. The summed E-state index contributed by atoms with van der Waals surface area (Å²) in [7, 11) is 7.39. The molecule has 9 atom stereocenters. The summed E-state index contributed by atoms with van der Waals surface area (Å²) in [5, 5.41) is 27.9. The Bertz CT molecular complexity index is 1800. The molecular weight excluding hydrogens is 772 g/mol. The van der Waals surface area contributed by atoms with Crippen LogP contribution >= 0.6 is 0 Å². The van der Waals surface area contributed by atoms with Crippen LogP contribution in [0.2, 0.25) is 0 Å². The van der Waals surface area contributed by atoms with Gasteiger partial charge in [0.25, 0.3) is 11.8 Å². The van der Waals surface area contributed by atoms with Crippen LogP contribution in [0.1, 0.15) is 53.0 Å². The van der Waals surface area contributed by atoms with E-state index >= 15 is 0 Å². The van der Waals surface area contributed by atoms with Gasteiger partial charge in [0.1, 0.15) is 75.7 Å². The summed E-state index contributed by atoms with van der Waals surface area (Å²) < 4.78 is 46.0. The van der Waals surface area contributed by atoms with E-state index in [-0.39, 0.29) is 45.5 Å². The van der Waals surface area contributed by atoms with Crippen molar-refractivity contribution in [1.82, 2.24) is 39.3 Å². The number of primary amides is 2. The minimum atomic E-state index is -1.36. The minimum Gasteiger partial charge on any atom is -0.433 e. The summed E-state index contributed by atoms with van der Waals surface area (Å²) in [6.45, 7) is 1.03. The van der Waals surface area contributed by atoms with Crippen LogP contribution in [-0.4, -0.2) is 178 Å². The number of likely N-dealkylation sites (N-methyl/N-ethyl adjacent to an activating group) is 2. The molecule has 6 N–H and O–H groups in total. The number of hydrogen-bond acceptors (Lipinski definition) is 20. The van der Waals surface area contributed by atoms with Gasteiger partial charge in [-0.1, -0.05) is 37.8 Å². The number of nitrogens with zero attached hydrogens (tertiary/aromatic N) is 8. The maximum atomic E-state index is 11.9. The Morgan fingerprint density at radius 1 is 0.690 bits per heavy atom. The first-order valence-electron chi connectivity index (χ1n) is 17.5. The molecular formula is C34H50N10O14. The first kappa shape index (κ1) is 45.4. The number of hydrogen-bond donors (Lipinski definition) is 4. The summed E-state index contributed by atoms with van der Waals surface area (Å²) >= 11 is 0. The summed E-state index contributed by atoms with van der Waals surface area (Å²) in [5.74, 6) is -2.00. The number of nitrogens with two attached hydrogens (primary N) is 2. The van der Waals surface area contributed by atoms with Crippen LogP contribution in [0.25, 0.3) is 0 Å². The lowest BCUT2D eigenvalue weighted by atomic mass is 10.1. The molecule has 3 unspecified atom stereocenters. The lowest BCUT2D eigenvalue weighted by Crippen LogP contribution is -2.34. The molecule has 0 aliphatic carbocycles. The van der Waals surface area contributed by atoms with Crippen molar-refractivity contribution in [3.63, 3.8) is 0 Å². The first-order valence-corrected chi connectivity index (χ1v) is 17.5. The third kappa shape index (κ3) is 11.9. The molecule has 0 radical (unpaired) electrons. The molecule has 3 aromatic rings. The molecule has 3 saturated heterocycles. The Hall–Kier alpha value is -5.34. The third-order valence-corrected chi connectivity index (χ3v) is 8.48. The van der Waals surface area contributed by atoms with Gasteiger partial charge in [-0.2, -0.15) is 0 Å². The zero-order valence-corrected chi connectivity index (χ0v) is 31.5. The van der Waals surface area contributed by atoms with Crippen LogP contribution in [0, 0.1) is 0 Å². The largest absolute Gasteiger partial charge is 0.508 e. The number of aliphatic hydroxyl groups excluding tert-OH is 2. The van der Waals surface area contributed by atoms with Crippen LogP contribution < -0.4 is 11.5 Å². The van der Waals surface area contributed by atoms with Crippen molar-refractivity contribution in [2.24, 2.45) is 11.5 Å². The van der Waals surface area contributed by atoms with Crippen molar-refractivity contribution in [3.05, 3.63) is 60.2 Å². The van der Waals surface area contributed by atoms with Crippen LogP contribution in [-0.2, 0) is 37.9 Å². The summed E-state index contributed by atoms with van der Waals surface area (Å²) in [6, 6.07) is 9.42. The van der Waals surface area contributed by atoms with Crippen molar-refractivity contribution in [2.75, 3.05) is 67.7 Å². The second-order valence-electron chi connectivity index (χ2n) is 13.3. The van der Waals surface area contributed by atoms with Crippen molar-refractivity contribution in [2.45, 2.75) is 62.8 Å². The van der Waals surface area contributed by atoms with Gasteiger partial charge in [0.05, 0.1) is 0 Å². The predicted octanol–water partition coefficient (Wildman–Crippen LogP) is -1.18. The van der Waals surface area contributed by atoms with Crippen molar-refractivity contribution in [3.8, 4) is 0 Å². The summed E-state index contributed by atoms with van der Waals surface area (Å²) in [4.78, 5) is 57.0. The van der Waals surface area contributed by atoms with Crippen molar-refractivity contribution < 1.29 is 67.3 Å². The highest BCUT2D eigenvalue weighted by Gasteiger charge is 2.54. The fraction of sp³-hybridized carbons (Fsp3) is 0.588. The van der Waals surface area contributed by atoms with E-state index in [1.807, 2.05) is 68.3 Å². The first-order chi connectivity index (χ1) is 27.2. The number of benzene rings is 1. The molecule has 58 heavy (non-hydrogen) atoms. The van der Waals surface area contributed by atoms with E-state index in [1.54, 1.807) is 0 Å². The number of carbonyl (C=O) groups is 4. The zero-order chi connectivity index (χ0) is 41.2. The van der Waals surface area contributed by atoms with Gasteiger partial charge in [0, 0.05) is 18.7 Å². The second-order valence-corrected chi connectivity index (χ2v) is 13.3. The molecule has 24 nitrogen and oxygen atoms in total. The Balaban J connectivity index is 0.000000260. The van der Waals surface area contributed by atoms with Gasteiger partial charge >= 0.3 is 12.3 Å². The quantitative estimate of drug-likeness (QED) is 0.131. The van der Waals surface area contributed by atoms with E-state index in [0.717, 1.165) is 16.6 Å². The molecule has 3 aliphatic heterocycles. The molecule has 24 heteroatoms. The summed E-state index contributed by atoms with van der Waals surface area (Å²) in [5.41, 5.74) is 11.1. The van der Waals surface area contributed by atoms with E-state index in [9.17, 15) is 29.4 Å². The molecule has 0 saturated carbocycles. The average Bonchev–Trinajstić information content (AvgIpc) is 4.01. The third-order valence-electron chi connectivity index (χ3n) is 8.48. The van der Waals surface area contributed by atoms with Gasteiger partial charge < -0.3 is 69.4 Å². The van der Waals surface area contributed by atoms with E-state index in [4.69, 9.17) is 49.4 Å². The Morgan fingerprint density at radius 2 is 1.17 bits per heavy atom. The maximum absolute atomic E-state index is 11.9. The number of rotatable bonds is 15.